The number of allylic oxidation sites excluding steroid dienone is 3. The summed E-state index contributed by atoms with van der Waals surface area (Å²) in [7, 11) is 0. The van der Waals surface area contributed by atoms with E-state index in [0.29, 0.717) is 23.0 Å². The van der Waals surface area contributed by atoms with Crippen LogP contribution in [-0.4, -0.2) is 16.3 Å². The van der Waals surface area contributed by atoms with Gasteiger partial charge in [-0.2, -0.15) is 0 Å². The molecule has 0 bridgehead atoms. The summed E-state index contributed by atoms with van der Waals surface area (Å²) in [5.74, 6) is 3.23. The Labute approximate surface area is 127 Å². The molecule has 2 fully saturated rings. The zero-order valence-electron chi connectivity index (χ0n) is 13.3. The fraction of sp³-hybridized carbons (Fsp3) is 0.789. The van der Waals surface area contributed by atoms with E-state index in [1.165, 1.54) is 19.3 Å². The Hall–Kier alpha value is -0.760. The first-order valence-corrected chi connectivity index (χ1v) is 8.71. The molecule has 0 spiro atoms. The minimum absolute atomic E-state index is 0.0804. The Morgan fingerprint density at radius 1 is 1.05 bits per heavy atom. The van der Waals surface area contributed by atoms with Gasteiger partial charge in [0.2, 0.25) is 0 Å². The minimum Gasteiger partial charge on any atom is -0.513 e. The maximum Gasteiger partial charge on any atom is 0.0886 e. The Kier molecular flexibility index (Phi) is 2.89. The molecular formula is C19H28O2. The quantitative estimate of drug-likeness (QED) is 0.655. The van der Waals surface area contributed by atoms with Gasteiger partial charge in [0.15, 0.2) is 0 Å². The first kappa shape index (κ1) is 13.9. The van der Waals surface area contributed by atoms with Gasteiger partial charge in [-0.25, -0.2) is 0 Å². The molecule has 4 rings (SSSR count). The van der Waals surface area contributed by atoms with Gasteiger partial charge < -0.3 is 10.2 Å². The predicted octanol–water partition coefficient (Wildman–Crippen LogP) is 4.22. The second-order valence-electron chi connectivity index (χ2n) is 8.52. The van der Waals surface area contributed by atoms with Gasteiger partial charge in [-0.1, -0.05) is 26.0 Å². The van der Waals surface area contributed by atoms with Gasteiger partial charge in [0.1, 0.15) is 0 Å². The van der Waals surface area contributed by atoms with Gasteiger partial charge in [-0.05, 0) is 67.3 Å². The molecule has 0 aliphatic heterocycles. The lowest BCUT2D eigenvalue weighted by Gasteiger charge is -2.59. The Morgan fingerprint density at radius 2 is 1.86 bits per heavy atom. The molecule has 2 nitrogen and oxygen atoms in total. The van der Waals surface area contributed by atoms with Gasteiger partial charge in [-0.15, -0.1) is 0 Å². The second-order valence-corrected chi connectivity index (χ2v) is 8.52. The molecule has 2 heteroatoms. The highest BCUT2D eigenvalue weighted by molar-refractivity contribution is 5.21. The molecule has 0 amide bonds. The third-order valence-corrected chi connectivity index (χ3v) is 7.73. The van der Waals surface area contributed by atoms with Crippen LogP contribution in [-0.2, 0) is 0 Å². The Bertz CT molecular complexity index is 508. The van der Waals surface area contributed by atoms with Gasteiger partial charge in [0.25, 0.3) is 0 Å². The number of hydrogen-bond donors (Lipinski definition) is 2. The van der Waals surface area contributed by atoms with Gasteiger partial charge in [0, 0.05) is 11.8 Å². The molecule has 0 aromatic carbocycles. The van der Waals surface area contributed by atoms with E-state index < -0.39 is 0 Å². The van der Waals surface area contributed by atoms with Crippen molar-refractivity contribution in [3.63, 3.8) is 0 Å². The maximum absolute atomic E-state index is 10.4. The fourth-order valence-corrected chi connectivity index (χ4v) is 6.27. The van der Waals surface area contributed by atoms with Gasteiger partial charge in [0.05, 0.1) is 11.9 Å². The molecular weight excluding hydrogens is 260 g/mol. The van der Waals surface area contributed by atoms with Gasteiger partial charge >= 0.3 is 0 Å². The van der Waals surface area contributed by atoms with E-state index in [9.17, 15) is 10.2 Å². The molecule has 0 radical (unpaired) electrons. The van der Waals surface area contributed by atoms with Crippen LogP contribution >= 0.6 is 0 Å². The standard InChI is InChI=1S/C19H28O2/c1-18-9-7-13(20)11-12(18)3-4-14-15-5-6-17(21)19(15,2)10-8-16(14)18/h5-6,11-12,14-17,20-21H,3-4,7-10H2,1-2H3/t12?,14-,15-,16+,17?,18-,19-/m0/s1. The summed E-state index contributed by atoms with van der Waals surface area (Å²) in [6.45, 7) is 4.76. The molecule has 4 aliphatic carbocycles. The van der Waals surface area contributed by atoms with Crippen molar-refractivity contribution in [2.75, 3.05) is 0 Å². The van der Waals surface area contributed by atoms with E-state index in [4.69, 9.17) is 0 Å². The minimum atomic E-state index is -0.246. The maximum atomic E-state index is 10.4. The van der Waals surface area contributed by atoms with E-state index in [0.717, 1.165) is 31.1 Å². The topological polar surface area (TPSA) is 40.5 Å². The highest BCUT2D eigenvalue weighted by Gasteiger charge is 2.58. The van der Waals surface area contributed by atoms with Crippen LogP contribution < -0.4 is 0 Å². The Morgan fingerprint density at radius 3 is 2.67 bits per heavy atom. The van der Waals surface area contributed by atoms with Crippen molar-refractivity contribution in [3.8, 4) is 0 Å². The lowest BCUT2D eigenvalue weighted by atomic mass is 9.46. The van der Waals surface area contributed by atoms with E-state index in [1.807, 2.05) is 6.08 Å². The summed E-state index contributed by atoms with van der Waals surface area (Å²) in [5.41, 5.74) is 0.439. The zero-order valence-corrected chi connectivity index (χ0v) is 13.3. The first-order valence-electron chi connectivity index (χ1n) is 8.71. The van der Waals surface area contributed by atoms with Crippen molar-refractivity contribution in [2.24, 2.45) is 34.5 Å². The molecule has 2 N–H and O–H groups in total. The largest absolute Gasteiger partial charge is 0.513 e. The zero-order chi connectivity index (χ0) is 14.8. The third kappa shape index (κ3) is 1.75. The lowest BCUT2D eigenvalue weighted by molar-refractivity contribution is -0.0986. The van der Waals surface area contributed by atoms with E-state index in [2.05, 4.69) is 26.0 Å². The lowest BCUT2D eigenvalue weighted by Crippen LogP contribution is -2.53. The molecule has 21 heavy (non-hydrogen) atoms. The van der Waals surface area contributed by atoms with Crippen LogP contribution in [0.25, 0.3) is 0 Å². The third-order valence-electron chi connectivity index (χ3n) is 7.73. The van der Waals surface area contributed by atoms with Crippen molar-refractivity contribution in [3.05, 3.63) is 24.0 Å². The molecule has 2 unspecified atom stereocenters. The molecule has 0 saturated heterocycles. The van der Waals surface area contributed by atoms with Crippen LogP contribution in [0.4, 0.5) is 0 Å². The van der Waals surface area contributed by atoms with Crippen LogP contribution in [0, 0.1) is 34.5 Å². The normalized spacial score (nSPS) is 55.4. The average molecular weight is 288 g/mol. The van der Waals surface area contributed by atoms with Crippen LogP contribution in [0.3, 0.4) is 0 Å². The fourth-order valence-electron chi connectivity index (χ4n) is 6.27. The van der Waals surface area contributed by atoms with Crippen molar-refractivity contribution < 1.29 is 10.2 Å². The summed E-state index contributed by atoms with van der Waals surface area (Å²) in [4.78, 5) is 0. The van der Waals surface area contributed by atoms with Crippen molar-refractivity contribution in [2.45, 2.75) is 58.5 Å². The monoisotopic (exact) mass is 288 g/mol. The van der Waals surface area contributed by atoms with Crippen LogP contribution in [0.1, 0.15) is 52.4 Å². The summed E-state index contributed by atoms with van der Waals surface area (Å²) in [6.07, 6.45) is 13.1. The first-order chi connectivity index (χ1) is 9.95. The van der Waals surface area contributed by atoms with Crippen molar-refractivity contribution in [1.29, 1.82) is 0 Å². The number of hydrogen-bond acceptors (Lipinski definition) is 2. The molecule has 4 aliphatic rings. The van der Waals surface area contributed by atoms with Crippen molar-refractivity contribution in [1.82, 2.24) is 0 Å². The number of rotatable bonds is 0. The molecule has 116 valence electrons. The predicted molar refractivity (Wildman–Crippen MR) is 83.7 cm³/mol. The second kappa shape index (κ2) is 4.38. The van der Waals surface area contributed by atoms with Crippen LogP contribution in [0.2, 0.25) is 0 Å². The summed E-state index contributed by atoms with van der Waals surface area (Å²) >= 11 is 0. The summed E-state index contributed by atoms with van der Waals surface area (Å²) in [6, 6.07) is 0. The van der Waals surface area contributed by atoms with Gasteiger partial charge in [-0.3, -0.25) is 0 Å². The highest BCUT2D eigenvalue weighted by Crippen LogP contribution is 2.64. The smallest absolute Gasteiger partial charge is 0.0886 e. The molecule has 0 aromatic heterocycles. The van der Waals surface area contributed by atoms with E-state index >= 15 is 0 Å². The summed E-state index contributed by atoms with van der Waals surface area (Å²) < 4.78 is 0. The number of fused-ring (bicyclic) bond motifs is 5. The SMILES string of the molecule is C[C@]12CCC(O)=CC1CC[C@@H]1[C@H]2CC[C@]2(C)C(O)C=C[C@@H]12. The van der Waals surface area contributed by atoms with Crippen molar-refractivity contribution >= 4 is 0 Å². The molecule has 0 heterocycles. The Balaban J connectivity index is 1.67. The summed E-state index contributed by atoms with van der Waals surface area (Å²) in [5, 5.41) is 20.3. The molecule has 2 saturated carbocycles. The number of aliphatic hydroxyl groups is 2. The van der Waals surface area contributed by atoms with E-state index in [1.54, 1.807) is 0 Å². The van der Waals surface area contributed by atoms with Crippen LogP contribution in [0.15, 0.2) is 24.0 Å². The highest BCUT2D eigenvalue weighted by atomic mass is 16.3. The average Bonchev–Trinajstić information content (AvgIpc) is 2.76. The van der Waals surface area contributed by atoms with Crippen LogP contribution in [0.5, 0.6) is 0 Å². The molecule has 0 aromatic rings. The van der Waals surface area contributed by atoms with E-state index in [-0.39, 0.29) is 11.5 Å². The molecule has 7 atom stereocenters. The number of aliphatic hydroxyl groups excluding tert-OH is 2.